The summed E-state index contributed by atoms with van der Waals surface area (Å²) in [6.45, 7) is 7.42. The van der Waals surface area contributed by atoms with Crippen LogP contribution in [0.4, 0.5) is 0 Å². The second-order valence-electron chi connectivity index (χ2n) is 4.91. The molecule has 1 saturated heterocycles. The van der Waals surface area contributed by atoms with Crippen molar-refractivity contribution in [3.8, 4) is 0 Å². The maximum atomic E-state index is 5.69. The van der Waals surface area contributed by atoms with Crippen LogP contribution in [0.2, 0.25) is 0 Å². The van der Waals surface area contributed by atoms with Crippen molar-refractivity contribution >= 4 is 0 Å². The SMILES string of the molecule is CCCn1cccc1CNC(C)C1CCCO1. The molecule has 96 valence electrons. The van der Waals surface area contributed by atoms with E-state index in [4.69, 9.17) is 4.74 Å². The lowest BCUT2D eigenvalue weighted by Crippen LogP contribution is -2.36. The molecule has 0 aromatic carbocycles. The van der Waals surface area contributed by atoms with E-state index in [1.807, 2.05) is 0 Å². The van der Waals surface area contributed by atoms with Gasteiger partial charge in [-0.25, -0.2) is 0 Å². The Hall–Kier alpha value is -0.800. The molecule has 2 atom stereocenters. The van der Waals surface area contributed by atoms with Gasteiger partial charge in [0.2, 0.25) is 0 Å². The first-order chi connectivity index (χ1) is 8.31. The molecular weight excluding hydrogens is 212 g/mol. The Morgan fingerprint density at radius 3 is 3.18 bits per heavy atom. The highest BCUT2D eigenvalue weighted by molar-refractivity contribution is 5.07. The van der Waals surface area contributed by atoms with Crippen molar-refractivity contribution in [2.24, 2.45) is 0 Å². The molecule has 3 heteroatoms. The lowest BCUT2D eigenvalue weighted by atomic mass is 10.1. The van der Waals surface area contributed by atoms with E-state index < -0.39 is 0 Å². The second-order valence-corrected chi connectivity index (χ2v) is 4.91. The largest absolute Gasteiger partial charge is 0.377 e. The summed E-state index contributed by atoms with van der Waals surface area (Å²) in [7, 11) is 0. The molecule has 0 radical (unpaired) electrons. The normalized spacial score (nSPS) is 21.9. The number of hydrogen-bond acceptors (Lipinski definition) is 2. The fraction of sp³-hybridized carbons (Fsp3) is 0.714. The fourth-order valence-electron chi connectivity index (χ4n) is 2.46. The van der Waals surface area contributed by atoms with E-state index in [9.17, 15) is 0 Å². The van der Waals surface area contributed by atoms with Crippen molar-refractivity contribution in [1.82, 2.24) is 9.88 Å². The van der Waals surface area contributed by atoms with Crippen molar-refractivity contribution in [1.29, 1.82) is 0 Å². The minimum Gasteiger partial charge on any atom is -0.377 e. The summed E-state index contributed by atoms with van der Waals surface area (Å²) < 4.78 is 8.02. The van der Waals surface area contributed by atoms with E-state index in [1.165, 1.54) is 25.0 Å². The minimum atomic E-state index is 0.407. The molecule has 0 saturated carbocycles. The minimum absolute atomic E-state index is 0.407. The maximum absolute atomic E-state index is 5.69. The van der Waals surface area contributed by atoms with Gasteiger partial charge >= 0.3 is 0 Å². The van der Waals surface area contributed by atoms with Gasteiger partial charge in [0.05, 0.1) is 6.10 Å². The van der Waals surface area contributed by atoms with Gasteiger partial charge in [-0.1, -0.05) is 6.92 Å². The highest BCUT2D eigenvalue weighted by Gasteiger charge is 2.21. The fourth-order valence-corrected chi connectivity index (χ4v) is 2.46. The number of ether oxygens (including phenoxy) is 1. The summed E-state index contributed by atoms with van der Waals surface area (Å²) in [6.07, 6.45) is 6.16. The van der Waals surface area contributed by atoms with Gasteiger partial charge in [-0.15, -0.1) is 0 Å². The number of rotatable bonds is 6. The molecule has 0 aliphatic carbocycles. The Bertz CT molecular complexity index is 329. The van der Waals surface area contributed by atoms with Gasteiger partial charge in [-0.3, -0.25) is 0 Å². The molecule has 1 N–H and O–H groups in total. The number of aryl methyl sites for hydroxylation is 1. The Morgan fingerprint density at radius 1 is 1.59 bits per heavy atom. The van der Waals surface area contributed by atoms with Gasteiger partial charge in [-0.05, 0) is 38.3 Å². The van der Waals surface area contributed by atoms with Crippen LogP contribution in [-0.4, -0.2) is 23.3 Å². The Balaban J connectivity index is 1.81. The van der Waals surface area contributed by atoms with Crippen LogP contribution in [-0.2, 0) is 17.8 Å². The van der Waals surface area contributed by atoms with Gasteiger partial charge in [0, 0.05) is 37.6 Å². The molecule has 17 heavy (non-hydrogen) atoms. The third-order valence-corrected chi connectivity index (χ3v) is 3.52. The zero-order valence-electron chi connectivity index (χ0n) is 11.0. The smallest absolute Gasteiger partial charge is 0.0726 e. The predicted octanol–water partition coefficient (Wildman–Crippen LogP) is 2.56. The first-order valence-corrected chi connectivity index (χ1v) is 6.80. The maximum Gasteiger partial charge on any atom is 0.0726 e. The van der Waals surface area contributed by atoms with Crippen LogP contribution >= 0.6 is 0 Å². The van der Waals surface area contributed by atoms with Crippen LogP contribution in [0.3, 0.4) is 0 Å². The van der Waals surface area contributed by atoms with Crippen LogP contribution < -0.4 is 5.32 Å². The molecule has 1 aromatic heterocycles. The number of hydrogen-bond donors (Lipinski definition) is 1. The molecule has 1 aromatic rings. The third-order valence-electron chi connectivity index (χ3n) is 3.52. The van der Waals surface area contributed by atoms with Crippen LogP contribution in [0, 0.1) is 0 Å². The molecule has 1 fully saturated rings. The molecule has 3 nitrogen and oxygen atoms in total. The van der Waals surface area contributed by atoms with E-state index >= 15 is 0 Å². The zero-order chi connectivity index (χ0) is 12.1. The first-order valence-electron chi connectivity index (χ1n) is 6.80. The van der Waals surface area contributed by atoms with Crippen molar-refractivity contribution in [2.75, 3.05) is 6.61 Å². The molecule has 1 aliphatic rings. The third kappa shape index (κ3) is 3.33. The average molecular weight is 236 g/mol. The molecule has 0 amide bonds. The van der Waals surface area contributed by atoms with Crippen molar-refractivity contribution in [3.63, 3.8) is 0 Å². The van der Waals surface area contributed by atoms with E-state index in [-0.39, 0.29) is 0 Å². The monoisotopic (exact) mass is 236 g/mol. The van der Waals surface area contributed by atoms with Crippen LogP contribution in [0.5, 0.6) is 0 Å². The Labute approximate surface area is 104 Å². The molecule has 0 bridgehead atoms. The summed E-state index contributed by atoms with van der Waals surface area (Å²) in [5.74, 6) is 0. The molecule has 2 unspecified atom stereocenters. The highest BCUT2D eigenvalue weighted by Crippen LogP contribution is 2.15. The van der Waals surface area contributed by atoms with Gasteiger partial charge in [0.15, 0.2) is 0 Å². The van der Waals surface area contributed by atoms with Gasteiger partial charge in [-0.2, -0.15) is 0 Å². The first kappa shape index (κ1) is 12.7. The summed E-state index contributed by atoms with van der Waals surface area (Å²) in [5.41, 5.74) is 1.37. The Morgan fingerprint density at radius 2 is 2.47 bits per heavy atom. The lowest BCUT2D eigenvalue weighted by molar-refractivity contribution is 0.0830. The lowest BCUT2D eigenvalue weighted by Gasteiger charge is -2.20. The van der Waals surface area contributed by atoms with Crippen LogP contribution in [0.15, 0.2) is 18.3 Å². The summed E-state index contributed by atoms with van der Waals surface area (Å²) in [4.78, 5) is 0. The number of aromatic nitrogens is 1. The Kier molecular flexibility index (Phi) is 4.63. The van der Waals surface area contributed by atoms with E-state index in [0.29, 0.717) is 12.1 Å². The van der Waals surface area contributed by atoms with Crippen molar-refractivity contribution in [3.05, 3.63) is 24.0 Å². The highest BCUT2D eigenvalue weighted by atomic mass is 16.5. The molecule has 1 aliphatic heterocycles. The topological polar surface area (TPSA) is 26.2 Å². The number of nitrogens with zero attached hydrogens (tertiary/aromatic N) is 1. The van der Waals surface area contributed by atoms with Crippen molar-refractivity contribution < 1.29 is 4.74 Å². The zero-order valence-corrected chi connectivity index (χ0v) is 11.0. The number of nitrogens with one attached hydrogen (secondary N) is 1. The quantitative estimate of drug-likeness (QED) is 0.821. The van der Waals surface area contributed by atoms with Crippen LogP contribution in [0.1, 0.15) is 38.8 Å². The molecule has 2 heterocycles. The summed E-state index contributed by atoms with van der Waals surface area (Å²) in [5, 5.41) is 3.58. The van der Waals surface area contributed by atoms with E-state index in [2.05, 4.69) is 42.1 Å². The second kappa shape index (κ2) is 6.22. The average Bonchev–Trinajstić information content (AvgIpc) is 2.97. The molecule has 0 spiro atoms. The van der Waals surface area contributed by atoms with E-state index in [0.717, 1.165) is 19.7 Å². The molecule has 2 rings (SSSR count). The van der Waals surface area contributed by atoms with Crippen LogP contribution in [0.25, 0.3) is 0 Å². The summed E-state index contributed by atoms with van der Waals surface area (Å²) >= 11 is 0. The van der Waals surface area contributed by atoms with Gasteiger partial charge in [0.1, 0.15) is 0 Å². The van der Waals surface area contributed by atoms with Gasteiger partial charge in [0.25, 0.3) is 0 Å². The van der Waals surface area contributed by atoms with Gasteiger partial charge < -0.3 is 14.6 Å². The predicted molar refractivity (Wildman–Crippen MR) is 70.0 cm³/mol. The van der Waals surface area contributed by atoms with E-state index in [1.54, 1.807) is 0 Å². The standard InChI is InChI=1S/C14H24N2O/c1-3-8-16-9-4-6-13(16)11-15-12(2)14-7-5-10-17-14/h4,6,9,12,14-15H,3,5,7-8,10-11H2,1-2H3. The van der Waals surface area contributed by atoms with Crippen molar-refractivity contribution in [2.45, 2.75) is 58.3 Å². The summed E-state index contributed by atoms with van der Waals surface area (Å²) in [6, 6.07) is 4.77. The molecular formula is C14H24N2O.